The summed E-state index contributed by atoms with van der Waals surface area (Å²) in [5, 5.41) is 39.7. The number of allylic oxidation sites excluding steroid dienone is 1. The van der Waals surface area contributed by atoms with E-state index < -0.39 is 18.3 Å². The van der Waals surface area contributed by atoms with Crippen molar-refractivity contribution in [1.29, 1.82) is 0 Å². The Balaban J connectivity index is 0. The van der Waals surface area contributed by atoms with Crippen LogP contribution >= 0.6 is 89.6 Å². The van der Waals surface area contributed by atoms with Crippen LogP contribution in [-0.4, -0.2) is 111 Å². The number of aromatic nitrogens is 4. The second-order valence-electron chi connectivity index (χ2n) is 20.9. The largest absolute Gasteiger partial charge is 0.508 e. The van der Waals surface area contributed by atoms with Crippen molar-refractivity contribution in [1.82, 2.24) is 19.9 Å². The molecule has 8 rings (SSSR count). The zero-order valence-electron chi connectivity index (χ0n) is 53.5. The molecule has 0 aliphatic rings. The van der Waals surface area contributed by atoms with Gasteiger partial charge in [0.25, 0.3) is 0 Å². The summed E-state index contributed by atoms with van der Waals surface area (Å²) < 4.78 is 59.9. The molecule has 29 heteroatoms. The van der Waals surface area contributed by atoms with Gasteiger partial charge in [-0.3, -0.25) is 9.59 Å². The number of benzene rings is 4. The summed E-state index contributed by atoms with van der Waals surface area (Å²) in [5.74, 6) is 1.11. The van der Waals surface area contributed by atoms with Crippen LogP contribution in [0.25, 0.3) is 31.3 Å². The Kier molecular flexibility index (Phi) is 47.4. The number of hydrogen-bond donors (Lipinski definition) is 5. The number of phenolic OH excluding ortho intramolecular Hbond substituents is 2. The molecule has 4 aromatic carbocycles. The zero-order valence-corrected chi connectivity index (χ0v) is 63.7. The first kappa shape index (κ1) is 90.6. The number of rotatable bonds is 18. The molecular weight excluding hydrogens is 1610 g/mol. The number of alkyl halides is 1. The van der Waals surface area contributed by atoms with Gasteiger partial charge in [-0.1, -0.05) is 35.8 Å². The average Bonchev–Trinajstić information content (AvgIpc) is 1.84. The molecule has 0 atom stereocenters. The number of aromatic hydroxyl groups is 2. The molecule has 0 unspecified atom stereocenters. The van der Waals surface area contributed by atoms with Crippen LogP contribution in [0.3, 0.4) is 0 Å². The number of nitrogens with two attached hydrogens (primary N) is 1. The minimum Gasteiger partial charge on any atom is -0.508 e. The molecule has 15 nitrogen and oxygen atoms in total. The van der Waals surface area contributed by atoms with E-state index >= 15 is 0 Å². The van der Waals surface area contributed by atoms with E-state index in [1.54, 1.807) is 105 Å². The topological polar surface area (TPSA) is 230 Å². The van der Waals surface area contributed by atoms with E-state index in [1.165, 1.54) is 24.3 Å². The summed E-state index contributed by atoms with van der Waals surface area (Å²) in [7, 11) is 3.54. The third-order valence-electron chi connectivity index (χ3n) is 11.0. The first-order valence-electron chi connectivity index (χ1n) is 27.4. The molecule has 2 radical (unpaired) electrons. The first-order valence-corrected chi connectivity index (χ1v) is 32.6. The van der Waals surface area contributed by atoms with Crippen molar-refractivity contribution in [3.63, 3.8) is 0 Å². The number of phenols is 2. The summed E-state index contributed by atoms with van der Waals surface area (Å²) in [4.78, 5) is 42.9. The molecule has 6 N–H and O–H groups in total. The number of carbonyl (C=O) groups is 2. The Morgan fingerprint density at radius 2 is 0.883 bits per heavy atom. The molecule has 0 saturated carbocycles. The number of nitrogens with zero attached hydrogens (tertiary/aromatic N) is 4. The van der Waals surface area contributed by atoms with E-state index in [0.717, 1.165) is 55.1 Å². The predicted molar refractivity (Wildman–Crippen MR) is 392 cm³/mol. The second-order valence-corrected chi connectivity index (χ2v) is 27.7. The molecule has 0 spiro atoms. The van der Waals surface area contributed by atoms with E-state index in [1.807, 2.05) is 107 Å². The van der Waals surface area contributed by atoms with E-state index in [2.05, 4.69) is 51.8 Å². The molecule has 0 saturated heterocycles. The minimum absolute atomic E-state index is 0. The van der Waals surface area contributed by atoms with Crippen molar-refractivity contribution in [3.8, 4) is 54.3 Å². The van der Waals surface area contributed by atoms with E-state index in [-0.39, 0.29) is 105 Å². The van der Waals surface area contributed by atoms with Crippen LogP contribution in [0, 0.1) is 35.1 Å². The van der Waals surface area contributed by atoms with Gasteiger partial charge in [-0.2, -0.15) is 7.74 Å². The monoisotopic (exact) mass is 1690 g/mol. The summed E-state index contributed by atoms with van der Waals surface area (Å²) in [6, 6.07) is 28.1. The minimum atomic E-state index is -1.46. The van der Waals surface area contributed by atoms with E-state index in [4.69, 9.17) is 52.7 Å². The smallest absolute Gasteiger partial charge is 0.488 e. The van der Waals surface area contributed by atoms with Crippen molar-refractivity contribution >= 4 is 130 Å². The van der Waals surface area contributed by atoms with Crippen molar-refractivity contribution in [2.45, 2.75) is 106 Å². The number of ether oxygens (including phenoxy) is 4. The molecule has 4 aromatic heterocycles. The fourth-order valence-corrected chi connectivity index (χ4v) is 10.7. The zero-order chi connectivity index (χ0) is 68.1. The summed E-state index contributed by atoms with van der Waals surface area (Å²) in [5.41, 5.74) is 9.40. The molecular formula is C65H82B3Br2ClF3N5O10S4W-2. The van der Waals surface area contributed by atoms with Gasteiger partial charge in [0.1, 0.15) is 47.4 Å². The van der Waals surface area contributed by atoms with E-state index in [0.29, 0.717) is 70.2 Å². The maximum atomic E-state index is 13.0. The molecule has 0 aliphatic heterocycles. The Bertz CT molecular complexity index is 3450. The second kappa shape index (κ2) is 49.1. The number of aryl methyl sites for hydroxylation is 4. The van der Waals surface area contributed by atoms with Gasteiger partial charge in [0.15, 0.2) is 0 Å². The number of carbonyl (C=O) groups excluding carboxylic acids is 2. The Labute approximate surface area is 607 Å². The van der Waals surface area contributed by atoms with Crippen LogP contribution in [0.15, 0.2) is 161 Å². The Morgan fingerprint density at radius 3 is 1.15 bits per heavy atom. The van der Waals surface area contributed by atoms with Gasteiger partial charge in [-0.15, -0.1) is 57.8 Å². The van der Waals surface area contributed by atoms with Crippen molar-refractivity contribution < 1.29 is 83.0 Å². The maximum Gasteiger partial charge on any atom is 0.488 e. The quantitative estimate of drug-likeness (QED) is 0.0233. The van der Waals surface area contributed by atoms with Crippen molar-refractivity contribution in [2.24, 2.45) is 5.73 Å². The van der Waals surface area contributed by atoms with Gasteiger partial charge >= 0.3 is 19.1 Å². The standard InChI is InChI=1S/C20H24FNO3S.C14H15FN2OS.C10H16BrFO2.C10H9NOS.C6H7BO3.C4H4BrNS.CH3.B2H3.ClH.W/c1-14-22-12-18(26-14)16-6-8-17(9-7-16)24-13-15(11-21)5-10-19(23)25-20(2,3)4;1-10-17-8-14(19-10)12-2-4-13(5-3-12)18-9-11(6-15)7-16;1-10(2,3)14-9(13)5-4-8(6-11)7-12;1-7-11-6-10(13-7)8-2-4-9(12)5-3-8;8-6-3-1-5(2-4-6)7(9)10;1-3-6-2-4(5)7-3;;1-2;;/h6-9,11-12H,5,10,13H2,1-4H3;2-6,8H,7,9,16H2,1H3;7H,4-6H2,1-3H3;2-6,12H,1H3;1-4,8-10H;2H,1H3;1H3;1H3;1H;/q;;;;;;2*-1;;/b15-11+;11-6+;8-7+;;;;;;;. The maximum absolute atomic E-state index is 13.0. The van der Waals surface area contributed by atoms with Gasteiger partial charge in [0, 0.05) is 69.9 Å². The van der Waals surface area contributed by atoms with E-state index in [9.17, 15) is 22.8 Å². The predicted octanol–water partition coefficient (Wildman–Crippen LogP) is 15.6. The molecule has 0 aliphatic carbocycles. The average molecular weight is 1690 g/mol. The van der Waals surface area contributed by atoms with Crippen LogP contribution in [0.1, 0.15) is 87.3 Å². The third kappa shape index (κ3) is 39.6. The molecule has 0 amide bonds. The van der Waals surface area contributed by atoms with Crippen LogP contribution in [0.5, 0.6) is 23.0 Å². The fourth-order valence-electron chi connectivity index (χ4n) is 6.63. The first-order chi connectivity index (χ1) is 43.1. The van der Waals surface area contributed by atoms with Crippen LogP contribution < -0.4 is 20.7 Å². The molecule has 4 heterocycles. The van der Waals surface area contributed by atoms with Crippen LogP contribution in [0.4, 0.5) is 13.2 Å². The molecule has 94 heavy (non-hydrogen) atoms. The number of hydrogen-bond acceptors (Lipinski definition) is 19. The van der Waals surface area contributed by atoms with Gasteiger partial charge in [-0.25, -0.2) is 33.1 Å². The number of halogens is 6. The number of thiazole rings is 4. The molecule has 8 aromatic rings. The van der Waals surface area contributed by atoms with Crippen LogP contribution in [-0.2, 0) is 40.1 Å². The summed E-state index contributed by atoms with van der Waals surface area (Å²) in [6.45, 7) is 19.2. The normalized spacial score (nSPS) is 10.8. The van der Waals surface area contributed by atoms with Gasteiger partial charge in [0.2, 0.25) is 0 Å². The Morgan fingerprint density at radius 1 is 0.564 bits per heavy atom. The van der Waals surface area contributed by atoms with Gasteiger partial charge < -0.3 is 52.4 Å². The SMILES string of the molecule is CC(C)(C)OC(=O)CC/C(=C\F)CBr.Cc1ncc(-c2ccc(O)cc2)s1.Cc1ncc(-c2ccc(OC/C(=C/F)CCC(=O)OC(C)(C)C)cc2)s1.Cc1ncc(-c2ccc(OC/C(=C/F)CN)cc2)s1.Cc1ncc(Br)s1.Cl.OB(O)c1ccc(O)cc1.[B][BH3-].[CH3-].[W]. The molecule has 0 fully saturated rings. The van der Waals surface area contributed by atoms with Gasteiger partial charge in [0.05, 0.1) is 63.6 Å². The van der Waals surface area contributed by atoms with Crippen molar-refractivity contribution in [3.05, 3.63) is 189 Å². The third-order valence-corrected chi connectivity index (χ3v) is 16.0. The van der Waals surface area contributed by atoms with Crippen LogP contribution in [0.2, 0.25) is 0 Å². The summed E-state index contributed by atoms with van der Waals surface area (Å²) >= 11 is 13.0. The molecule has 510 valence electrons. The number of esters is 2. The summed E-state index contributed by atoms with van der Waals surface area (Å²) in [6.07, 6.45) is 9.89. The Hall–Kier alpha value is -5.44. The van der Waals surface area contributed by atoms with Crippen molar-refractivity contribution in [2.75, 3.05) is 25.1 Å². The van der Waals surface area contributed by atoms with Gasteiger partial charge in [-0.05, 0) is 216 Å². The molecule has 0 bridgehead atoms. The fraction of sp³-hybridized carbons (Fsp3) is 0.308.